The van der Waals surface area contributed by atoms with Crippen molar-refractivity contribution >= 4 is 42.6 Å². The van der Waals surface area contributed by atoms with E-state index in [1.807, 2.05) is 0 Å². The zero-order chi connectivity index (χ0) is 12.8. The highest BCUT2D eigenvalue weighted by atomic mass is 28.1. The maximum absolute atomic E-state index is 3.27. The fraction of sp³-hybridized carbons (Fsp3) is 0. The third-order valence-corrected chi connectivity index (χ3v) is 4.04. The molecule has 4 aromatic carbocycles. The molecule has 0 fully saturated rings. The van der Waals surface area contributed by atoms with E-state index in [9.17, 15) is 0 Å². The molecule has 0 saturated heterocycles. The highest BCUT2D eigenvalue weighted by Crippen LogP contribution is 2.35. The van der Waals surface area contributed by atoms with Crippen LogP contribution >= 0.6 is 0 Å². The molecule has 1 heteroatoms. The zero-order valence-corrected chi connectivity index (χ0v) is 12.7. The van der Waals surface area contributed by atoms with Gasteiger partial charge in [0, 0.05) is 5.56 Å². The topological polar surface area (TPSA) is 0 Å². The van der Waals surface area contributed by atoms with E-state index >= 15 is 0 Å². The molecule has 0 saturated carbocycles. The predicted octanol–water partition coefficient (Wildman–Crippen LogP) is 3.26. The summed E-state index contributed by atoms with van der Waals surface area (Å²) < 4.78 is 0. The quantitative estimate of drug-likeness (QED) is 0.257. The van der Waals surface area contributed by atoms with Crippen LogP contribution in [0.25, 0.3) is 32.3 Å². The molecule has 0 bridgehead atoms. The van der Waals surface area contributed by atoms with E-state index in [1.165, 1.54) is 32.3 Å². The summed E-state index contributed by atoms with van der Waals surface area (Å²) in [6.45, 7) is 0. The Balaban J connectivity index is 2.37. The first-order valence-electron chi connectivity index (χ1n) is 6.48. The molecule has 0 aromatic heterocycles. The van der Waals surface area contributed by atoms with E-state index in [2.05, 4.69) is 66.1 Å². The van der Waals surface area contributed by atoms with Crippen molar-refractivity contribution in [2.75, 3.05) is 0 Å². The molecule has 0 radical (unpaired) electrons. The maximum atomic E-state index is 3.27. The van der Waals surface area contributed by atoms with E-state index in [1.54, 1.807) is 0 Å². The average molecular weight is 256 g/mol. The van der Waals surface area contributed by atoms with Crippen molar-refractivity contribution < 1.29 is 0 Å². The van der Waals surface area contributed by atoms with E-state index < -0.39 is 0 Å². The second kappa shape index (κ2) is 3.84. The van der Waals surface area contributed by atoms with Gasteiger partial charge >= 0.3 is 0 Å². The minimum Gasteiger partial charge on any atom is -0.138 e. The molecule has 0 aliphatic carbocycles. The molecule has 19 heavy (non-hydrogen) atoms. The molecule has 0 amide bonds. The summed E-state index contributed by atoms with van der Waals surface area (Å²) in [6, 6.07) is 19.7. The number of hydrogen-bond acceptors (Lipinski definition) is 0. The van der Waals surface area contributed by atoms with Crippen LogP contribution in [0.1, 0.15) is 5.56 Å². The highest BCUT2D eigenvalue weighted by molar-refractivity contribution is 6.25. The number of rotatable bonds is 0. The van der Waals surface area contributed by atoms with E-state index in [4.69, 9.17) is 0 Å². The number of benzene rings is 4. The minimum absolute atomic E-state index is 0.919. The molecular weight excluding hydrogens is 244 g/mol. The Kier molecular flexibility index (Phi) is 2.15. The van der Waals surface area contributed by atoms with Crippen molar-refractivity contribution in [1.82, 2.24) is 0 Å². The Bertz CT molecular complexity index is 955. The van der Waals surface area contributed by atoms with E-state index in [-0.39, 0.29) is 0 Å². The van der Waals surface area contributed by atoms with Gasteiger partial charge in [-0.15, -0.1) is 5.54 Å². The Morgan fingerprint density at radius 3 is 2.05 bits per heavy atom. The van der Waals surface area contributed by atoms with Crippen LogP contribution in [-0.4, -0.2) is 10.2 Å². The summed E-state index contributed by atoms with van der Waals surface area (Å²) in [5.74, 6) is 3.27. The molecule has 0 heterocycles. The van der Waals surface area contributed by atoms with Gasteiger partial charge in [0.05, 0.1) is 10.2 Å². The summed E-state index contributed by atoms with van der Waals surface area (Å²) in [5, 5.41) is 7.94. The summed E-state index contributed by atoms with van der Waals surface area (Å²) in [6.07, 6.45) is 0. The van der Waals surface area contributed by atoms with Gasteiger partial charge in [-0.3, -0.25) is 0 Å². The molecule has 4 rings (SSSR count). The normalized spacial score (nSPS) is 11.2. The molecule has 0 aliphatic heterocycles. The summed E-state index contributed by atoms with van der Waals surface area (Å²) >= 11 is 0. The first kappa shape index (κ1) is 10.6. The molecule has 88 valence electrons. The van der Waals surface area contributed by atoms with Gasteiger partial charge in [-0.2, -0.15) is 0 Å². The first-order valence-corrected chi connectivity index (χ1v) is 7.48. The maximum Gasteiger partial charge on any atom is 0.0911 e. The van der Waals surface area contributed by atoms with Crippen LogP contribution in [0, 0.1) is 11.5 Å². The third kappa shape index (κ3) is 1.41. The van der Waals surface area contributed by atoms with Gasteiger partial charge in [0.15, 0.2) is 0 Å². The molecule has 0 atom stereocenters. The highest BCUT2D eigenvalue weighted by Gasteiger charge is 2.09. The molecular formula is C18H12Si. The molecule has 0 nitrogen and oxygen atoms in total. The predicted molar refractivity (Wildman–Crippen MR) is 87.0 cm³/mol. The van der Waals surface area contributed by atoms with E-state index in [0.717, 1.165) is 15.8 Å². The van der Waals surface area contributed by atoms with Gasteiger partial charge in [-0.05, 0) is 38.4 Å². The first-order chi connectivity index (χ1) is 9.38. The van der Waals surface area contributed by atoms with Gasteiger partial charge in [0.1, 0.15) is 0 Å². The minimum atomic E-state index is 0.919. The van der Waals surface area contributed by atoms with Crippen LogP contribution in [-0.2, 0) is 0 Å². The van der Waals surface area contributed by atoms with Crippen molar-refractivity contribution in [3.63, 3.8) is 0 Å². The zero-order valence-electron chi connectivity index (χ0n) is 10.7. The number of hydrogen-bond donors (Lipinski definition) is 0. The lowest BCUT2D eigenvalue weighted by Gasteiger charge is -2.11. The Hall–Kier alpha value is -2.30. The summed E-state index contributed by atoms with van der Waals surface area (Å²) in [7, 11) is 0.919. The molecule has 0 spiro atoms. The van der Waals surface area contributed by atoms with Gasteiger partial charge in [-0.25, -0.2) is 0 Å². The van der Waals surface area contributed by atoms with Gasteiger partial charge in [0.25, 0.3) is 0 Å². The third-order valence-electron chi connectivity index (χ3n) is 3.79. The lowest BCUT2D eigenvalue weighted by Crippen LogP contribution is -1.86. The monoisotopic (exact) mass is 256 g/mol. The second-order valence-corrected chi connectivity index (χ2v) is 5.34. The van der Waals surface area contributed by atoms with Crippen molar-refractivity contribution in [2.24, 2.45) is 0 Å². The molecule has 0 N–H and O–H groups in total. The SMILES string of the molecule is [SiH3]C#Cc1ccc2ccc3cccc4ccc1c2c34. The second-order valence-electron chi connectivity index (χ2n) is 4.84. The summed E-state index contributed by atoms with van der Waals surface area (Å²) in [5.41, 5.74) is 4.30. The van der Waals surface area contributed by atoms with Crippen LogP contribution in [0.5, 0.6) is 0 Å². The van der Waals surface area contributed by atoms with Crippen molar-refractivity contribution in [1.29, 1.82) is 0 Å². The molecule has 4 aromatic rings. The lowest BCUT2D eigenvalue weighted by atomic mass is 9.92. The van der Waals surface area contributed by atoms with Gasteiger partial charge in [0.2, 0.25) is 0 Å². The Labute approximate surface area is 114 Å². The van der Waals surface area contributed by atoms with Crippen LogP contribution in [0.15, 0.2) is 54.6 Å². The van der Waals surface area contributed by atoms with Crippen LogP contribution in [0.4, 0.5) is 0 Å². The van der Waals surface area contributed by atoms with Crippen molar-refractivity contribution in [3.05, 3.63) is 60.2 Å². The Morgan fingerprint density at radius 1 is 0.684 bits per heavy atom. The fourth-order valence-electron chi connectivity index (χ4n) is 2.98. The van der Waals surface area contributed by atoms with Crippen LogP contribution < -0.4 is 0 Å². The van der Waals surface area contributed by atoms with Gasteiger partial charge < -0.3 is 0 Å². The summed E-state index contributed by atoms with van der Waals surface area (Å²) in [4.78, 5) is 0. The Morgan fingerprint density at radius 2 is 1.32 bits per heavy atom. The fourth-order valence-corrected chi connectivity index (χ4v) is 3.25. The average Bonchev–Trinajstić information content (AvgIpc) is 2.46. The van der Waals surface area contributed by atoms with Crippen molar-refractivity contribution in [3.8, 4) is 11.5 Å². The van der Waals surface area contributed by atoms with Gasteiger partial charge in [-0.1, -0.05) is 54.5 Å². The van der Waals surface area contributed by atoms with Crippen LogP contribution in [0.3, 0.4) is 0 Å². The molecule has 0 unspecified atom stereocenters. The molecule has 0 aliphatic rings. The standard InChI is InChI=1S/C18H12Si/c19-11-10-12-4-5-15-7-6-13-2-1-3-14-8-9-16(12)18(15)17(13)14/h1-9H,19H3. The van der Waals surface area contributed by atoms with E-state index in [0.29, 0.717) is 0 Å². The lowest BCUT2D eigenvalue weighted by molar-refractivity contribution is 1.74. The van der Waals surface area contributed by atoms with Crippen molar-refractivity contribution in [2.45, 2.75) is 0 Å². The smallest absolute Gasteiger partial charge is 0.0911 e. The van der Waals surface area contributed by atoms with Crippen LogP contribution in [0.2, 0.25) is 0 Å². The largest absolute Gasteiger partial charge is 0.138 e.